The van der Waals surface area contributed by atoms with Gasteiger partial charge in [0.2, 0.25) is 0 Å². The number of benzene rings is 2. The molecule has 4 rings (SSSR count). The first kappa shape index (κ1) is 24.2. The third-order valence-electron chi connectivity index (χ3n) is 5.29. The van der Waals surface area contributed by atoms with Crippen LogP contribution >= 0.6 is 0 Å². The lowest BCUT2D eigenvalue weighted by molar-refractivity contribution is -0.143. The number of para-hydroxylation sites is 1. The van der Waals surface area contributed by atoms with Crippen LogP contribution < -0.4 is 5.32 Å². The number of hydrogen-bond acceptors (Lipinski definition) is 3. The minimum atomic E-state index is -4.94. The number of alkyl halides is 6. The number of halogens is 6. The summed E-state index contributed by atoms with van der Waals surface area (Å²) in [4.78, 5) is 21.6. The van der Waals surface area contributed by atoms with E-state index >= 15 is 0 Å². The molecule has 0 fully saturated rings. The van der Waals surface area contributed by atoms with Crippen LogP contribution in [0.25, 0.3) is 22.2 Å². The molecule has 1 amide bonds. The van der Waals surface area contributed by atoms with Crippen LogP contribution in [0.5, 0.6) is 0 Å². The Morgan fingerprint density at radius 1 is 0.829 bits per heavy atom. The van der Waals surface area contributed by atoms with Crippen LogP contribution in [0, 0.1) is 0 Å². The minimum Gasteiger partial charge on any atom is -0.352 e. The van der Waals surface area contributed by atoms with E-state index in [9.17, 15) is 31.1 Å². The van der Waals surface area contributed by atoms with Gasteiger partial charge in [0.1, 0.15) is 0 Å². The summed E-state index contributed by atoms with van der Waals surface area (Å²) in [6.07, 6.45) is -7.17. The number of aromatic nitrogens is 2. The third-order valence-corrected chi connectivity index (χ3v) is 5.29. The Bertz CT molecular complexity index is 1340. The quantitative estimate of drug-likeness (QED) is 0.335. The number of nitrogens with zero attached hydrogens (tertiary/aromatic N) is 2. The van der Waals surface area contributed by atoms with Gasteiger partial charge in [0, 0.05) is 29.9 Å². The molecule has 1 N–H and O–H groups in total. The highest BCUT2D eigenvalue weighted by atomic mass is 19.4. The van der Waals surface area contributed by atoms with E-state index in [0.717, 1.165) is 0 Å². The predicted octanol–water partition coefficient (Wildman–Crippen LogP) is 6.31. The highest BCUT2D eigenvalue weighted by molar-refractivity contribution is 6.08. The van der Waals surface area contributed by atoms with E-state index in [1.165, 1.54) is 6.20 Å². The van der Waals surface area contributed by atoms with Crippen molar-refractivity contribution in [3.05, 3.63) is 95.3 Å². The van der Waals surface area contributed by atoms with Crippen molar-refractivity contribution in [3.63, 3.8) is 0 Å². The standard InChI is InChI=1S/C25H17F6N3O/c26-24(27,28)16-11-15(12-17(13-16)25(29,30)31)8-10-33-23(35)19-14-34-20-6-2-1-5-18(20)22(19)21-7-3-4-9-32-21/h1-7,9,11-14H,8,10H2,(H,33,35). The minimum absolute atomic E-state index is 0.0714. The summed E-state index contributed by atoms with van der Waals surface area (Å²) in [6, 6.07) is 13.7. The first-order chi connectivity index (χ1) is 16.5. The van der Waals surface area contributed by atoms with Crippen molar-refractivity contribution in [1.29, 1.82) is 0 Å². The number of hydrogen-bond donors (Lipinski definition) is 1. The van der Waals surface area contributed by atoms with Gasteiger partial charge in [0.25, 0.3) is 5.91 Å². The van der Waals surface area contributed by atoms with Crippen LogP contribution in [0.3, 0.4) is 0 Å². The van der Waals surface area contributed by atoms with Gasteiger partial charge < -0.3 is 5.32 Å². The second kappa shape index (κ2) is 9.36. The average Bonchev–Trinajstić information content (AvgIpc) is 2.82. The molecule has 0 saturated heterocycles. The number of nitrogens with one attached hydrogen (secondary N) is 1. The Morgan fingerprint density at radius 3 is 2.11 bits per heavy atom. The van der Waals surface area contributed by atoms with Crippen molar-refractivity contribution < 1.29 is 31.1 Å². The fourth-order valence-electron chi connectivity index (χ4n) is 3.68. The Labute approximate surface area is 195 Å². The van der Waals surface area contributed by atoms with Crippen LogP contribution in [-0.4, -0.2) is 22.4 Å². The molecule has 4 aromatic rings. The topological polar surface area (TPSA) is 54.9 Å². The van der Waals surface area contributed by atoms with Gasteiger partial charge in [-0.05, 0) is 48.4 Å². The van der Waals surface area contributed by atoms with E-state index < -0.39 is 29.4 Å². The van der Waals surface area contributed by atoms with Crippen molar-refractivity contribution in [2.75, 3.05) is 6.54 Å². The highest BCUT2D eigenvalue weighted by Crippen LogP contribution is 2.36. The molecule has 0 aliphatic carbocycles. The summed E-state index contributed by atoms with van der Waals surface area (Å²) in [6.45, 7) is -0.189. The fraction of sp³-hybridized carbons (Fsp3) is 0.160. The lowest BCUT2D eigenvalue weighted by Gasteiger charge is -2.15. The molecule has 2 aromatic heterocycles. The van der Waals surface area contributed by atoms with Crippen molar-refractivity contribution in [1.82, 2.24) is 15.3 Å². The van der Waals surface area contributed by atoms with Crippen LogP contribution in [0.4, 0.5) is 26.3 Å². The molecule has 2 aromatic carbocycles. The summed E-state index contributed by atoms with van der Waals surface area (Å²) in [5.74, 6) is -0.577. The maximum atomic E-state index is 13.1. The zero-order chi connectivity index (χ0) is 25.2. The van der Waals surface area contributed by atoms with Gasteiger partial charge in [-0.2, -0.15) is 26.3 Å². The van der Waals surface area contributed by atoms with Crippen LogP contribution in [0.2, 0.25) is 0 Å². The molecule has 0 atom stereocenters. The molecule has 0 radical (unpaired) electrons. The van der Waals surface area contributed by atoms with Gasteiger partial charge in [-0.25, -0.2) is 0 Å². The summed E-state index contributed by atoms with van der Waals surface area (Å²) in [7, 11) is 0. The SMILES string of the molecule is O=C(NCCc1cc(C(F)(F)F)cc(C(F)(F)F)c1)c1cnc2ccccc2c1-c1ccccn1. The molecule has 0 aliphatic rings. The maximum absolute atomic E-state index is 13.1. The molecule has 0 unspecified atom stereocenters. The Balaban J connectivity index is 1.60. The van der Waals surface area contributed by atoms with E-state index in [2.05, 4.69) is 15.3 Å². The molecule has 10 heteroatoms. The lowest BCUT2D eigenvalue weighted by atomic mass is 9.99. The molecular formula is C25H17F6N3O. The second-order valence-electron chi connectivity index (χ2n) is 7.70. The number of pyridine rings is 2. The van der Waals surface area contributed by atoms with E-state index in [0.29, 0.717) is 34.3 Å². The Morgan fingerprint density at radius 2 is 1.49 bits per heavy atom. The van der Waals surface area contributed by atoms with Crippen LogP contribution in [0.15, 0.2) is 73.1 Å². The summed E-state index contributed by atoms with van der Waals surface area (Å²) >= 11 is 0. The van der Waals surface area contributed by atoms with Gasteiger partial charge in [0.05, 0.1) is 27.9 Å². The molecule has 0 aliphatic heterocycles. The normalized spacial score (nSPS) is 12.1. The van der Waals surface area contributed by atoms with E-state index in [1.54, 1.807) is 48.7 Å². The number of amides is 1. The molecule has 0 bridgehead atoms. The van der Waals surface area contributed by atoms with Gasteiger partial charge in [-0.3, -0.25) is 14.8 Å². The van der Waals surface area contributed by atoms with Crippen molar-refractivity contribution >= 4 is 16.8 Å². The van der Waals surface area contributed by atoms with Crippen LogP contribution in [0.1, 0.15) is 27.0 Å². The molecule has 35 heavy (non-hydrogen) atoms. The predicted molar refractivity (Wildman–Crippen MR) is 117 cm³/mol. The molecule has 2 heterocycles. The number of carbonyl (C=O) groups excluding carboxylic acids is 1. The molecule has 180 valence electrons. The van der Waals surface area contributed by atoms with E-state index in [-0.39, 0.29) is 30.2 Å². The largest absolute Gasteiger partial charge is 0.416 e. The first-order valence-electron chi connectivity index (χ1n) is 10.4. The average molecular weight is 489 g/mol. The van der Waals surface area contributed by atoms with Gasteiger partial charge >= 0.3 is 12.4 Å². The summed E-state index contributed by atoms with van der Waals surface area (Å²) < 4.78 is 78.5. The van der Waals surface area contributed by atoms with Gasteiger partial charge in [-0.1, -0.05) is 24.3 Å². The van der Waals surface area contributed by atoms with E-state index in [4.69, 9.17) is 0 Å². The second-order valence-corrected chi connectivity index (χ2v) is 7.70. The highest BCUT2D eigenvalue weighted by Gasteiger charge is 2.36. The smallest absolute Gasteiger partial charge is 0.352 e. The number of fused-ring (bicyclic) bond motifs is 1. The van der Waals surface area contributed by atoms with Crippen molar-refractivity contribution in [2.45, 2.75) is 18.8 Å². The Kier molecular flexibility index (Phi) is 6.47. The monoisotopic (exact) mass is 489 g/mol. The summed E-state index contributed by atoms with van der Waals surface area (Å²) in [5.41, 5.74) is -1.14. The van der Waals surface area contributed by atoms with Crippen LogP contribution in [-0.2, 0) is 18.8 Å². The fourth-order valence-corrected chi connectivity index (χ4v) is 3.68. The number of carbonyl (C=O) groups is 1. The Hall–Kier alpha value is -3.95. The van der Waals surface area contributed by atoms with Crippen molar-refractivity contribution in [3.8, 4) is 11.3 Å². The molecule has 0 saturated carbocycles. The van der Waals surface area contributed by atoms with Crippen molar-refractivity contribution in [2.24, 2.45) is 0 Å². The van der Waals surface area contributed by atoms with E-state index in [1.807, 2.05) is 0 Å². The molecule has 0 spiro atoms. The molecule has 4 nitrogen and oxygen atoms in total. The zero-order valence-electron chi connectivity index (χ0n) is 17.9. The first-order valence-corrected chi connectivity index (χ1v) is 10.4. The zero-order valence-corrected chi connectivity index (χ0v) is 17.9. The molecular weight excluding hydrogens is 472 g/mol. The van der Waals surface area contributed by atoms with Gasteiger partial charge in [-0.15, -0.1) is 0 Å². The van der Waals surface area contributed by atoms with Gasteiger partial charge in [0.15, 0.2) is 0 Å². The lowest BCUT2D eigenvalue weighted by Crippen LogP contribution is -2.26. The third kappa shape index (κ3) is 5.42. The summed E-state index contributed by atoms with van der Waals surface area (Å²) in [5, 5.41) is 3.24. The number of rotatable bonds is 5. The maximum Gasteiger partial charge on any atom is 0.416 e.